The van der Waals surface area contributed by atoms with Crippen LogP contribution in [-0.4, -0.2) is 43.2 Å². The second-order valence-electron chi connectivity index (χ2n) is 5.91. The highest BCUT2D eigenvalue weighted by Gasteiger charge is 2.23. The molecule has 1 aromatic carbocycles. The van der Waals surface area contributed by atoms with Gasteiger partial charge in [0.15, 0.2) is 0 Å². The predicted molar refractivity (Wildman–Crippen MR) is 88.8 cm³/mol. The van der Waals surface area contributed by atoms with E-state index in [1.807, 2.05) is 30.3 Å². The summed E-state index contributed by atoms with van der Waals surface area (Å²) >= 11 is 0. The first kappa shape index (κ1) is 14.6. The van der Waals surface area contributed by atoms with Gasteiger partial charge in [-0.3, -0.25) is 9.36 Å². The van der Waals surface area contributed by atoms with Crippen LogP contribution in [0.15, 0.2) is 41.2 Å². The summed E-state index contributed by atoms with van der Waals surface area (Å²) in [5.74, 6) is 0.618. The lowest BCUT2D eigenvalue weighted by Crippen LogP contribution is -2.35. The fourth-order valence-corrected chi connectivity index (χ4v) is 3.08. The minimum Gasteiger partial charge on any atom is -0.335 e. The van der Waals surface area contributed by atoms with Crippen LogP contribution in [0.2, 0.25) is 0 Å². The Morgan fingerprint density at radius 3 is 2.79 bits per heavy atom. The smallest absolute Gasteiger partial charge is 0.335 e. The highest BCUT2D eigenvalue weighted by atomic mass is 16.2. The normalized spacial score (nSPS) is 14.5. The molecule has 0 saturated carbocycles. The Labute approximate surface area is 138 Å². The number of pyridine rings is 1. The first-order valence-corrected chi connectivity index (χ1v) is 7.91. The Balaban J connectivity index is 1.59. The highest BCUT2D eigenvalue weighted by Crippen LogP contribution is 2.14. The number of nitrogens with zero attached hydrogens (tertiary/aromatic N) is 5. The number of hydrogen-bond donors (Lipinski definition) is 0. The Morgan fingerprint density at radius 1 is 1.08 bits per heavy atom. The van der Waals surface area contributed by atoms with Crippen molar-refractivity contribution >= 4 is 16.8 Å². The summed E-state index contributed by atoms with van der Waals surface area (Å²) in [6, 6.07) is 11.4. The van der Waals surface area contributed by atoms with E-state index in [1.165, 1.54) is 4.68 Å². The molecule has 4 rings (SSSR count). The summed E-state index contributed by atoms with van der Waals surface area (Å²) < 4.78 is 2.98. The van der Waals surface area contributed by atoms with Crippen molar-refractivity contribution < 1.29 is 4.79 Å². The van der Waals surface area contributed by atoms with Gasteiger partial charge in [0, 0.05) is 38.5 Å². The molecule has 122 valence electrons. The molecule has 3 aromatic rings. The zero-order valence-electron chi connectivity index (χ0n) is 13.3. The molecular weight excluding hydrogens is 306 g/mol. The summed E-state index contributed by atoms with van der Waals surface area (Å²) in [5.41, 5.74) is 1.10. The molecule has 0 saturated heterocycles. The third kappa shape index (κ3) is 2.38. The first-order chi connectivity index (χ1) is 11.6. The van der Waals surface area contributed by atoms with Crippen LogP contribution in [-0.2, 0) is 20.0 Å². The van der Waals surface area contributed by atoms with Crippen LogP contribution in [0.5, 0.6) is 0 Å². The van der Waals surface area contributed by atoms with E-state index < -0.39 is 0 Å². The number of amides is 1. The maximum Gasteiger partial charge on any atom is 0.345 e. The van der Waals surface area contributed by atoms with E-state index in [4.69, 9.17) is 0 Å². The molecule has 0 N–H and O–H groups in total. The highest BCUT2D eigenvalue weighted by molar-refractivity contribution is 5.94. The Bertz CT molecular complexity index is 988. The van der Waals surface area contributed by atoms with E-state index in [0.29, 0.717) is 31.7 Å². The molecule has 24 heavy (non-hydrogen) atoms. The molecule has 1 aliphatic rings. The van der Waals surface area contributed by atoms with Crippen LogP contribution in [0.3, 0.4) is 0 Å². The topological polar surface area (TPSA) is 73.0 Å². The zero-order valence-corrected chi connectivity index (χ0v) is 13.3. The Hall–Kier alpha value is -2.96. The van der Waals surface area contributed by atoms with Gasteiger partial charge in [0.25, 0.3) is 5.91 Å². The lowest BCUT2D eigenvalue weighted by atomic mass is 10.2. The summed E-state index contributed by atoms with van der Waals surface area (Å²) in [6.07, 6.45) is 0.565. The number of aromatic nitrogens is 4. The summed E-state index contributed by atoms with van der Waals surface area (Å²) in [6.45, 7) is 1.47. The standard InChI is InChI=1S/C17H17N5O2/c1-20-17(24)22-11-10-21(9-8-15(22)19-20)16(23)14-7-6-12-4-2-3-5-13(12)18-14/h2-7H,8-11H2,1H3. The second-order valence-corrected chi connectivity index (χ2v) is 5.91. The van der Waals surface area contributed by atoms with Crippen molar-refractivity contribution in [2.24, 2.45) is 7.05 Å². The van der Waals surface area contributed by atoms with Gasteiger partial charge in [-0.25, -0.2) is 14.5 Å². The van der Waals surface area contributed by atoms with Crippen molar-refractivity contribution in [1.29, 1.82) is 0 Å². The van der Waals surface area contributed by atoms with Crippen LogP contribution in [0.25, 0.3) is 10.9 Å². The minimum atomic E-state index is -0.136. The molecule has 1 aliphatic heterocycles. The van der Waals surface area contributed by atoms with Gasteiger partial charge >= 0.3 is 5.69 Å². The number of carbonyl (C=O) groups is 1. The van der Waals surface area contributed by atoms with Crippen LogP contribution in [0.1, 0.15) is 16.3 Å². The van der Waals surface area contributed by atoms with Gasteiger partial charge in [0.2, 0.25) is 0 Å². The SMILES string of the molecule is Cn1nc2n(c1=O)CCN(C(=O)c1ccc3ccccc3n1)CC2. The number of fused-ring (bicyclic) bond motifs is 2. The van der Waals surface area contributed by atoms with Gasteiger partial charge in [-0.15, -0.1) is 0 Å². The molecule has 0 fully saturated rings. The molecule has 0 atom stereocenters. The van der Waals surface area contributed by atoms with E-state index in [0.717, 1.165) is 16.7 Å². The van der Waals surface area contributed by atoms with Gasteiger partial charge in [0.1, 0.15) is 11.5 Å². The van der Waals surface area contributed by atoms with E-state index in [-0.39, 0.29) is 11.6 Å². The van der Waals surface area contributed by atoms with Crippen molar-refractivity contribution in [3.8, 4) is 0 Å². The lowest BCUT2D eigenvalue weighted by molar-refractivity contribution is 0.0753. The number of benzene rings is 1. The van der Waals surface area contributed by atoms with Crippen molar-refractivity contribution in [2.45, 2.75) is 13.0 Å². The van der Waals surface area contributed by atoms with Crippen LogP contribution >= 0.6 is 0 Å². The molecule has 0 radical (unpaired) electrons. The third-order valence-electron chi connectivity index (χ3n) is 4.39. The molecule has 1 amide bonds. The third-order valence-corrected chi connectivity index (χ3v) is 4.39. The Morgan fingerprint density at radius 2 is 1.92 bits per heavy atom. The summed E-state index contributed by atoms with van der Waals surface area (Å²) in [4.78, 5) is 31.0. The van der Waals surface area contributed by atoms with Gasteiger partial charge in [0.05, 0.1) is 5.52 Å². The number of hydrogen-bond acceptors (Lipinski definition) is 4. The molecule has 0 unspecified atom stereocenters. The van der Waals surface area contributed by atoms with Crippen LogP contribution in [0, 0.1) is 0 Å². The van der Waals surface area contributed by atoms with Crippen LogP contribution in [0.4, 0.5) is 0 Å². The molecule has 0 spiro atoms. The zero-order chi connectivity index (χ0) is 16.7. The van der Waals surface area contributed by atoms with E-state index in [2.05, 4.69) is 10.1 Å². The maximum atomic E-state index is 12.8. The first-order valence-electron chi connectivity index (χ1n) is 7.91. The van der Waals surface area contributed by atoms with E-state index in [9.17, 15) is 9.59 Å². The van der Waals surface area contributed by atoms with Crippen molar-refractivity contribution in [1.82, 2.24) is 24.2 Å². The van der Waals surface area contributed by atoms with E-state index in [1.54, 1.807) is 22.6 Å². The molecule has 0 aliphatic carbocycles. The molecule has 2 aromatic heterocycles. The second kappa shape index (κ2) is 5.59. The largest absolute Gasteiger partial charge is 0.345 e. The van der Waals surface area contributed by atoms with Gasteiger partial charge in [-0.2, -0.15) is 5.10 Å². The van der Waals surface area contributed by atoms with Gasteiger partial charge < -0.3 is 4.90 Å². The molecule has 7 heteroatoms. The number of carbonyl (C=O) groups excluding carboxylic acids is 1. The summed E-state index contributed by atoms with van der Waals surface area (Å²) in [5, 5.41) is 5.24. The average Bonchev–Trinajstić information content (AvgIpc) is 2.77. The van der Waals surface area contributed by atoms with Crippen molar-refractivity contribution in [3.63, 3.8) is 0 Å². The van der Waals surface area contributed by atoms with Crippen molar-refractivity contribution in [3.05, 3.63) is 58.4 Å². The maximum absolute atomic E-state index is 12.8. The van der Waals surface area contributed by atoms with Crippen LogP contribution < -0.4 is 5.69 Å². The molecule has 3 heterocycles. The summed E-state index contributed by atoms with van der Waals surface area (Å²) in [7, 11) is 1.64. The average molecular weight is 323 g/mol. The monoisotopic (exact) mass is 323 g/mol. The van der Waals surface area contributed by atoms with Gasteiger partial charge in [-0.1, -0.05) is 24.3 Å². The molecule has 0 bridgehead atoms. The fraction of sp³-hybridized carbons (Fsp3) is 0.294. The van der Waals surface area contributed by atoms with Crippen molar-refractivity contribution in [2.75, 3.05) is 13.1 Å². The molecular formula is C17H17N5O2. The molecule has 7 nitrogen and oxygen atoms in total. The number of aryl methyl sites for hydroxylation is 1. The predicted octanol–water partition coefficient (Wildman–Crippen LogP) is 0.828. The quantitative estimate of drug-likeness (QED) is 0.665. The fourth-order valence-electron chi connectivity index (χ4n) is 3.08. The minimum absolute atomic E-state index is 0.108. The number of rotatable bonds is 1. The van der Waals surface area contributed by atoms with E-state index >= 15 is 0 Å². The lowest BCUT2D eigenvalue weighted by Gasteiger charge is -2.19. The number of para-hydroxylation sites is 1. The Kier molecular flexibility index (Phi) is 3.41. The van der Waals surface area contributed by atoms with Gasteiger partial charge in [-0.05, 0) is 12.1 Å².